The number of alkyl halides is 4. The number of esters is 1. The fourth-order valence-corrected chi connectivity index (χ4v) is 6.43. The topological polar surface area (TPSA) is 83.1 Å². The highest BCUT2D eigenvalue weighted by Gasteiger charge is 2.68. The molecule has 5 rings (SSSR count). The summed E-state index contributed by atoms with van der Waals surface area (Å²) in [6.07, 6.45) is -4.67. The maximum absolute atomic E-state index is 12.8. The third kappa shape index (κ3) is 5.45. The van der Waals surface area contributed by atoms with Crippen molar-refractivity contribution in [3.05, 3.63) is 29.3 Å². The van der Waals surface area contributed by atoms with E-state index in [1.165, 1.54) is 13.2 Å². The first-order chi connectivity index (χ1) is 17.3. The van der Waals surface area contributed by atoms with E-state index in [-0.39, 0.29) is 41.2 Å². The average molecular weight is 546 g/mol. The number of nitrogens with one attached hydrogen (secondary N) is 1. The number of hydrogen-bond donors (Lipinski definition) is 1. The quantitative estimate of drug-likeness (QED) is 0.276. The average Bonchev–Trinajstić information content (AvgIpc) is 3.19. The number of benzene rings is 1. The van der Waals surface area contributed by atoms with E-state index in [1.807, 2.05) is 6.92 Å². The van der Waals surface area contributed by atoms with Crippen LogP contribution in [0.15, 0.2) is 18.2 Å². The second kappa shape index (κ2) is 10.3. The van der Waals surface area contributed by atoms with Crippen LogP contribution in [0.4, 0.5) is 13.2 Å². The largest absolute Gasteiger partial charge is 0.496 e. The van der Waals surface area contributed by atoms with E-state index in [1.54, 1.807) is 12.1 Å². The molecule has 2 bridgehead atoms. The molecule has 1 N–H and O–H groups in total. The molecule has 1 amide bonds. The van der Waals surface area contributed by atoms with Crippen molar-refractivity contribution in [1.29, 1.82) is 0 Å². The van der Waals surface area contributed by atoms with E-state index >= 15 is 0 Å². The zero-order valence-electron chi connectivity index (χ0n) is 21.3. The highest BCUT2D eigenvalue weighted by molar-refractivity contribution is 6.48. The molecular weight excluding hydrogens is 514 g/mol. The summed E-state index contributed by atoms with van der Waals surface area (Å²) < 4.78 is 61.5. The van der Waals surface area contributed by atoms with Gasteiger partial charge in [0.2, 0.25) is 5.91 Å². The van der Waals surface area contributed by atoms with Crippen LogP contribution in [0.3, 0.4) is 0 Å². The number of halogens is 4. The van der Waals surface area contributed by atoms with Crippen molar-refractivity contribution < 1.29 is 41.5 Å². The SMILES string of the molecule is COc1c(CC(NC(=O)CCC(F)(F)F)B2OC3CC4CC(C4(C)C)C3(C)O2)cccc1C(=O)OCCl. The van der Waals surface area contributed by atoms with Crippen LogP contribution in [0.2, 0.25) is 0 Å². The molecule has 0 radical (unpaired) electrons. The zero-order chi connectivity index (χ0) is 27.2. The Balaban J connectivity index is 1.60. The molecule has 1 aromatic rings. The van der Waals surface area contributed by atoms with Crippen molar-refractivity contribution in [2.24, 2.45) is 17.3 Å². The number of methoxy groups -OCH3 is 1. The minimum atomic E-state index is -4.46. The van der Waals surface area contributed by atoms with Gasteiger partial charge in [0.1, 0.15) is 11.3 Å². The van der Waals surface area contributed by atoms with Crippen molar-refractivity contribution in [2.75, 3.05) is 13.2 Å². The molecule has 5 unspecified atom stereocenters. The fraction of sp³-hybridized carbons (Fsp3) is 0.680. The molecule has 37 heavy (non-hydrogen) atoms. The van der Waals surface area contributed by atoms with Crippen LogP contribution in [-0.4, -0.2) is 56.0 Å². The van der Waals surface area contributed by atoms with Gasteiger partial charge in [-0.1, -0.05) is 37.6 Å². The lowest BCUT2D eigenvalue weighted by Gasteiger charge is -2.64. The van der Waals surface area contributed by atoms with Crippen molar-refractivity contribution in [2.45, 2.75) is 76.7 Å². The first kappa shape index (κ1) is 28.0. The molecule has 7 nitrogen and oxygen atoms in total. The molecule has 3 saturated carbocycles. The smallest absolute Gasteiger partial charge is 0.482 e. The predicted octanol–water partition coefficient (Wildman–Crippen LogP) is 4.69. The lowest BCUT2D eigenvalue weighted by atomic mass is 9.43. The monoisotopic (exact) mass is 545 g/mol. The van der Waals surface area contributed by atoms with E-state index in [2.05, 4.69) is 19.2 Å². The van der Waals surface area contributed by atoms with Crippen molar-refractivity contribution >= 4 is 30.6 Å². The Morgan fingerprint density at radius 3 is 2.62 bits per heavy atom. The first-order valence-electron chi connectivity index (χ1n) is 12.4. The minimum Gasteiger partial charge on any atom is -0.496 e. The third-order valence-corrected chi connectivity index (χ3v) is 8.53. The van der Waals surface area contributed by atoms with Crippen molar-refractivity contribution in [1.82, 2.24) is 5.32 Å². The standard InChI is InChI=1S/C25H32BClF3NO6/c1-23(2)15-11-17(23)24(3)18(12-15)36-26(37-24)19(31-20(32)8-9-25(28,29)30)10-14-6-5-7-16(21(14)34-4)22(33)35-13-27/h5-7,15,17-19H,8-13H2,1-4H3,(H,31,32). The molecule has 12 heteroatoms. The van der Waals surface area contributed by atoms with Crippen LogP contribution in [-0.2, 0) is 25.3 Å². The number of rotatable bonds is 9. The van der Waals surface area contributed by atoms with E-state index in [4.69, 9.17) is 30.4 Å². The molecule has 1 aliphatic heterocycles. The highest BCUT2D eigenvalue weighted by Crippen LogP contribution is 2.65. The molecule has 3 aliphatic carbocycles. The van der Waals surface area contributed by atoms with Gasteiger partial charge in [0.15, 0.2) is 6.07 Å². The summed E-state index contributed by atoms with van der Waals surface area (Å²) >= 11 is 5.53. The molecular formula is C25H32BClF3NO6. The van der Waals surface area contributed by atoms with Gasteiger partial charge in [-0.2, -0.15) is 13.2 Å². The Labute approximate surface area is 219 Å². The Morgan fingerprint density at radius 1 is 1.27 bits per heavy atom. The van der Waals surface area contributed by atoms with E-state index in [9.17, 15) is 22.8 Å². The maximum Gasteiger partial charge on any atom is 0.482 e. The number of carbonyl (C=O) groups is 2. The second-order valence-corrected chi connectivity index (χ2v) is 11.1. The molecule has 204 valence electrons. The normalized spacial score (nSPS) is 28.6. The third-order valence-electron chi connectivity index (χ3n) is 8.43. The summed E-state index contributed by atoms with van der Waals surface area (Å²) in [7, 11) is 0.504. The van der Waals surface area contributed by atoms with Gasteiger partial charge < -0.3 is 24.1 Å². The molecule has 5 atom stereocenters. The van der Waals surface area contributed by atoms with Gasteiger partial charge in [0, 0.05) is 6.42 Å². The van der Waals surface area contributed by atoms with Crippen LogP contribution in [0, 0.1) is 17.3 Å². The van der Waals surface area contributed by atoms with Crippen molar-refractivity contribution in [3.8, 4) is 5.75 Å². The van der Waals surface area contributed by atoms with E-state index < -0.39 is 49.6 Å². The summed E-state index contributed by atoms with van der Waals surface area (Å²) in [4.78, 5) is 25.0. The Kier molecular flexibility index (Phi) is 7.81. The summed E-state index contributed by atoms with van der Waals surface area (Å²) in [6.45, 7) is 6.46. The molecule has 1 saturated heterocycles. The summed E-state index contributed by atoms with van der Waals surface area (Å²) in [6, 6.07) is 4.50. The lowest BCUT2D eigenvalue weighted by Crippen LogP contribution is -2.65. The van der Waals surface area contributed by atoms with Crippen molar-refractivity contribution in [3.63, 3.8) is 0 Å². The van der Waals surface area contributed by atoms with E-state index in [0.29, 0.717) is 11.5 Å². The second-order valence-electron chi connectivity index (χ2n) is 10.9. The van der Waals surface area contributed by atoms with Gasteiger partial charge in [-0.15, -0.1) is 0 Å². The van der Waals surface area contributed by atoms with Crippen LogP contribution < -0.4 is 10.1 Å². The molecule has 4 fully saturated rings. The molecule has 1 heterocycles. The van der Waals surface area contributed by atoms with Gasteiger partial charge in [-0.05, 0) is 55.1 Å². The number of hydrogen-bond acceptors (Lipinski definition) is 6. The van der Waals surface area contributed by atoms with Gasteiger partial charge in [0.05, 0.1) is 31.2 Å². The first-order valence-corrected chi connectivity index (χ1v) is 12.9. The number of ether oxygens (including phenoxy) is 2. The molecule has 0 spiro atoms. The van der Waals surface area contributed by atoms with Crippen LogP contribution >= 0.6 is 11.6 Å². The van der Waals surface area contributed by atoms with Gasteiger partial charge >= 0.3 is 19.3 Å². The van der Waals surface area contributed by atoms with Gasteiger partial charge in [-0.25, -0.2) is 4.79 Å². The van der Waals surface area contributed by atoms with Crippen LogP contribution in [0.5, 0.6) is 5.75 Å². The Bertz CT molecular complexity index is 1040. The fourth-order valence-electron chi connectivity index (χ4n) is 6.33. The summed E-state index contributed by atoms with van der Waals surface area (Å²) in [5.41, 5.74) is 0.187. The lowest BCUT2D eigenvalue weighted by molar-refractivity contribution is -0.199. The molecule has 1 aromatic carbocycles. The Morgan fingerprint density at radius 2 is 2.00 bits per heavy atom. The van der Waals surface area contributed by atoms with Crippen LogP contribution in [0.25, 0.3) is 0 Å². The van der Waals surface area contributed by atoms with Crippen LogP contribution in [0.1, 0.15) is 62.4 Å². The van der Waals surface area contributed by atoms with E-state index in [0.717, 1.165) is 12.8 Å². The zero-order valence-corrected chi connectivity index (χ0v) is 22.1. The predicted molar refractivity (Wildman–Crippen MR) is 130 cm³/mol. The summed E-state index contributed by atoms with van der Waals surface area (Å²) in [5.74, 6) is -1.29. The number of amides is 1. The Hall–Kier alpha value is -1.98. The number of para-hydroxylation sites is 1. The highest BCUT2D eigenvalue weighted by atomic mass is 35.5. The minimum absolute atomic E-state index is 0.0912. The molecule has 0 aromatic heterocycles. The van der Waals surface area contributed by atoms with Gasteiger partial charge in [0.25, 0.3) is 0 Å². The summed E-state index contributed by atoms with van der Waals surface area (Å²) in [5, 5.41) is 2.70. The van der Waals surface area contributed by atoms with Gasteiger partial charge in [-0.3, -0.25) is 4.79 Å². The maximum atomic E-state index is 12.8. The number of carbonyl (C=O) groups excluding carboxylic acids is 2. The molecule has 4 aliphatic rings.